The molecule has 0 fully saturated rings. The second-order valence-corrected chi connectivity index (χ2v) is 4.90. The topological polar surface area (TPSA) is 0 Å². The van der Waals surface area contributed by atoms with Gasteiger partial charge in [0.2, 0.25) is 0 Å². The quantitative estimate of drug-likeness (QED) is 0.634. The Kier molecular flexibility index (Phi) is 3.04. The molecule has 1 atom stereocenters. The Bertz CT molecular complexity index is 305. The van der Waals surface area contributed by atoms with Gasteiger partial charge in [-0.25, -0.2) is 0 Å². The average Bonchev–Trinajstić information content (AvgIpc) is 2.20. The molecule has 2 aliphatic carbocycles. The Morgan fingerprint density at radius 2 is 2.08 bits per heavy atom. The van der Waals surface area contributed by atoms with Crippen LogP contribution in [-0.4, -0.2) is 0 Å². The Morgan fingerprint density at radius 1 is 1.15 bits per heavy atom. The molecule has 1 heteroatoms. The van der Waals surface area contributed by atoms with Crippen molar-refractivity contribution in [3.63, 3.8) is 0 Å². The summed E-state index contributed by atoms with van der Waals surface area (Å²) in [4.78, 5) is 0. The smallest absolute Gasteiger partial charge is 0.00177 e. The summed E-state index contributed by atoms with van der Waals surface area (Å²) >= 11 is 2.42. The zero-order chi connectivity index (χ0) is 9.10. The lowest BCUT2D eigenvalue weighted by molar-refractivity contribution is 0.710. The van der Waals surface area contributed by atoms with Crippen LogP contribution in [0.4, 0.5) is 0 Å². The Labute approximate surface area is 93.2 Å². The Balaban J connectivity index is 2.09. The minimum absolute atomic E-state index is 0.672. The van der Waals surface area contributed by atoms with Crippen molar-refractivity contribution in [3.05, 3.63) is 45.6 Å². The van der Waals surface area contributed by atoms with E-state index in [2.05, 4.69) is 59.0 Å². The van der Waals surface area contributed by atoms with Gasteiger partial charge in [0.25, 0.3) is 0 Å². The van der Waals surface area contributed by atoms with Crippen LogP contribution in [0, 0.1) is 5.92 Å². The molecule has 0 radical (unpaired) electrons. The van der Waals surface area contributed by atoms with Gasteiger partial charge in [0.05, 0.1) is 0 Å². The summed E-state index contributed by atoms with van der Waals surface area (Å²) in [5.74, 6) is 0.672. The summed E-state index contributed by atoms with van der Waals surface area (Å²) in [5.41, 5.74) is 1.60. The highest BCUT2D eigenvalue weighted by atomic mass is 127. The maximum Gasteiger partial charge on any atom is 0.00177 e. The molecule has 13 heavy (non-hydrogen) atoms. The van der Waals surface area contributed by atoms with Crippen molar-refractivity contribution in [2.75, 3.05) is 0 Å². The number of hydrogen-bond donors (Lipinski definition) is 0. The highest BCUT2D eigenvalue weighted by Gasteiger charge is 2.13. The van der Waals surface area contributed by atoms with Crippen molar-refractivity contribution in [3.8, 4) is 0 Å². The Hall–Kier alpha value is -0.310. The fourth-order valence-corrected chi connectivity index (χ4v) is 2.24. The fraction of sp³-hybridized carbons (Fsp3) is 0.333. The normalized spacial score (nSPS) is 27.0. The number of allylic oxidation sites excluding steroid dienone is 8. The van der Waals surface area contributed by atoms with Gasteiger partial charge in [-0.05, 0) is 45.4 Å². The van der Waals surface area contributed by atoms with Gasteiger partial charge in [0.1, 0.15) is 0 Å². The van der Waals surface area contributed by atoms with Gasteiger partial charge >= 0.3 is 0 Å². The van der Waals surface area contributed by atoms with E-state index in [0.717, 1.165) is 0 Å². The monoisotopic (exact) mass is 284 g/mol. The molecule has 0 bridgehead atoms. The summed E-state index contributed by atoms with van der Waals surface area (Å²) in [6, 6.07) is 0. The SMILES string of the molecule is IC1=CC=C(C2C=CC=CC2)CC1. The molecule has 0 amide bonds. The second kappa shape index (κ2) is 4.27. The van der Waals surface area contributed by atoms with Crippen molar-refractivity contribution in [2.45, 2.75) is 19.3 Å². The van der Waals surface area contributed by atoms with Gasteiger partial charge in [0.15, 0.2) is 0 Å². The maximum absolute atomic E-state index is 2.42. The molecule has 0 aromatic rings. The summed E-state index contributed by atoms with van der Waals surface area (Å²) in [7, 11) is 0. The van der Waals surface area contributed by atoms with Crippen molar-refractivity contribution in [1.29, 1.82) is 0 Å². The molecule has 68 valence electrons. The molecular weight excluding hydrogens is 271 g/mol. The molecule has 0 saturated heterocycles. The van der Waals surface area contributed by atoms with Crippen LogP contribution < -0.4 is 0 Å². The number of rotatable bonds is 1. The van der Waals surface area contributed by atoms with Crippen LogP contribution in [0.2, 0.25) is 0 Å². The van der Waals surface area contributed by atoms with Crippen LogP contribution in [0.5, 0.6) is 0 Å². The lowest BCUT2D eigenvalue weighted by Crippen LogP contribution is -2.04. The summed E-state index contributed by atoms with van der Waals surface area (Å²) in [6.45, 7) is 0. The zero-order valence-corrected chi connectivity index (χ0v) is 9.70. The van der Waals surface area contributed by atoms with E-state index < -0.39 is 0 Å². The third kappa shape index (κ3) is 2.33. The largest absolute Gasteiger partial charge is 0.0836 e. The molecule has 2 aliphatic rings. The molecular formula is C12H13I. The van der Waals surface area contributed by atoms with Crippen LogP contribution >= 0.6 is 22.6 Å². The third-order valence-corrected chi connectivity index (χ3v) is 3.49. The van der Waals surface area contributed by atoms with Gasteiger partial charge in [-0.2, -0.15) is 0 Å². The lowest BCUT2D eigenvalue weighted by atomic mass is 9.87. The highest BCUT2D eigenvalue weighted by molar-refractivity contribution is 14.1. The molecule has 0 saturated carbocycles. The van der Waals surface area contributed by atoms with Crippen LogP contribution in [0.25, 0.3) is 0 Å². The first kappa shape index (κ1) is 9.25. The first-order chi connectivity index (χ1) is 6.36. The van der Waals surface area contributed by atoms with E-state index in [1.807, 2.05) is 0 Å². The van der Waals surface area contributed by atoms with E-state index in [-0.39, 0.29) is 0 Å². The van der Waals surface area contributed by atoms with Crippen molar-refractivity contribution < 1.29 is 0 Å². The molecule has 0 heterocycles. The van der Waals surface area contributed by atoms with Crippen molar-refractivity contribution in [2.24, 2.45) is 5.92 Å². The van der Waals surface area contributed by atoms with Crippen LogP contribution in [0.1, 0.15) is 19.3 Å². The highest BCUT2D eigenvalue weighted by Crippen LogP contribution is 2.30. The van der Waals surface area contributed by atoms with Gasteiger partial charge in [-0.3, -0.25) is 0 Å². The van der Waals surface area contributed by atoms with Crippen LogP contribution in [-0.2, 0) is 0 Å². The third-order valence-electron chi connectivity index (χ3n) is 2.59. The molecule has 0 nitrogen and oxygen atoms in total. The van der Waals surface area contributed by atoms with E-state index >= 15 is 0 Å². The zero-order valence-electron chi connectivity index (χ0n) is 7.54. The molecule has 1 unspecified atom stereocenters. The minimum atomic E-state index is 0.672. The van der Waals surface area contributed by atoms with Gasteiger partial charge < -0.3 is 0 Å². The standard InChI is InChI=1S/C12H13I/c13-12-8-6-11(7-9-12)10-4-2-1-3-5-10/h1-4,6,8,10H,5,7,9H2. The maximum atomic E-state index is 2.42. The van der Waals surface area contributed by atoms with Crippen molar-refractivity contribution >= 4 is 22.6 Å². The van der Waals surface area contributed by atoms with Gasteiger partial charge in [-0.1, -0.05) is 42.0 Å². The molecule has 0 spiro atoms. The van der Waals surface area contributed by atoms with E-state index in [1.54, 1.807) is 5.57 Å². The van der Waals surface area contributed by atoms with Gasteiger partial charge in [0, 0.05) is 5.92 Å². The average molecular weight is 284 g/mol. The van der Waals surface area contributed by atoms with E-state index in [9.17, 15) is 0 Å². The summed E-state index contributed by atoms with van der Waals surface area (Å²) in [5, 5.41) is 0. The number of halogens is 1. The summed E-state index contributed by atoms with van der Waals surface area (Å²) < 4.78 is 1.48. The second-order valence-electron chi connectivity index (χ2n) is 3.51. The van der Waals surface area contributed by atoms with Crippen LogP contribution in [0.3, 0.4) is 0 Å². The van der Waals surface area contributed by atoms with E-state index in [1.165, 1.54) is 22.8 Å². The summed E-state index contributed by atoms with van der Waals surface area (Å²) in [6.07, 6.45) is 17.1. The predicted octanol–water partition coefficient (Wildman–Crippen LogP) is 4.16. The molecule has 0 aromatic heterocycles. The van der Waals surface area contributed by atoms with Crippen molar-refractivity contribution in [1.82, 2.24) is 0 Å². The molecule has 0 aliphatic heterocycles. The molecule has 0 aromatic carbocycles. The number of hydrogen-bond acceptors (Lipinski definition) is 0. The lowest BCUT2D eigenvalue weighted by Gasteiger charge is -2.19. The first-order valence-electron chi connectivity index (χ1n) is 4.75. The predicted molar refractivity (Wildman–Crippen MR) is 65.8 cm³/mol. The first-order valence-corrected chi connectivity index (χ1v) is 5.82. The molecule has 0 N–H and O–H groups in total. The fourth-order valence-electron chi connectivity index (χ4n) is 1.79. The van der Waals surface area contributed by atoms with Crippen LogP contribution in [0.15, 0.2) is 45.6 Å². The van der Waals surface area contributed by atoms with E-state index in [0.29, 0.717) is 5.92 Å². The van der Waals surface area contributed by atoms with Gasteiger partial charge in [-0.15, -0.1) is 0 Å². The minimum Gasteiger partial charge on any atom is -0.0836 e. The molecule has 2 rings (SSSR count). The van der Waals surface area contributed by atoms with E-state index in [4.69, 9.17) is 0 Å². The Morgan fingerprint density at radius 3 is 2.69 bits per heavy atom.